The summed E-state index contributed by atoms with van der Waals surface area (Å²) in [6, 6.07) is 17.4. The number of amides is 4. The van der Waals surface area contributed by atoms with Crippen LogP contribution in [0.3, 0.4) is 0 Å². The number of ether oxygens (including phenoxy) is 2. The van der Waals surface area contributed by atoms with Gasteiger partial charge in [-0.2, -0.15) is 0 Å². The molecule has 4 amide bonds. The lowest BCUT2D eigenvalue weighted by Gasteiger charge is -2.43. The minimum absolute atomic E-state index is 0.0381. The second-order valence-electron chi connectivity index (χ2n) is 9.39. The number of hydrogen-bond donors (Lipinski definition) is 2. The van der Waals surface area contributed by atoms with E-state index in [9.17, 15) is 19.2 Å². The van der Waals surface area contributed by atoms with Gasteiger partial charge < -0.3 is 34.8 Å². The smallest absolute Gasteiger partial charge is 0.408 e. The van der Waals surface area contributed by atoms with Gasteiger partial charge in [0.05, 0.1) is 20.3 Å². The molecule has 2 saturated heterocycles. The van der Waals surface area contributed by atoms with E-state index in [1.165, 1.54) is 7.11 Å². The van der Waals surface area contributed by atoms with Crippen LogP contribution in [0.15, 0.2) is 60.7 Å². The number of esters is 1. The summed E-state index contributed by atoms with van der Waals surface area (Å²) in [6.07, 6.45) is 0.148. The standard InChI is InChI=1S/C27H33N5O6/c1-30-19-32(21-11-7-4-8-12-21)27(24(30)34)13-15-31(16-14-27)25(35)28-17-22(23(33)37-2)29-26(36)38-18-20-9-5-3-6-10-20/h3-12,22H,13-19H2,1-2H3,(H,28,35)(H,29,36). The zero-order valence-electron chi connectivity index (χ0n) is 21.6. The lowest BCUT2D eigenvalue weighted by molar-refractivity contribution is -0.142. The number of likely N-dealkylation sites (tertiary alicyclic amines) is 1. The maximum absolute atomic E-state index is 13.2. The molecule has 2 heterocycles. The average Bonchev–Trinajstić information content (AvgIpc) is 3.19. The van der Waals surface area contributed by atoms with Crippen molar-refractivity contribution in [3.05, 3.63) is 66.2 Å². The number of benzene rings is 2. The summed E-state index contributed by atoms with van der Waals surface area (Å²) in [5.74, 6) is -0.664. The Morgan fingerprint density at radius 1 is 1.00 bits per heavy atom. The molecule has 0 saturated carbocycles. The number of anilines is 1. The van der Waals surface area contributed by atoms with Gasteiger partial charge in [0.25, 0.3) is 0 Å². The predicted molar refractivity (Wildman–Crippen MR) is 139 cm³/mol. The molecule has 2 aliphatic rings. The van der Waals surface area contributed by atoms with Crippen molar-refractivity contribution < 1.29 is 28.7 Å². The van der Waals surface area contributed by atoms with Crippen LogP contribution >= 0.6 is 0 Å². The Morgan fingerprint density at radius 3 is 2.26 bits per heavy atom. The number of urea groups is 1. The van der Waals surface area contributed by atoms with Crippen LogP contribution in [0.5, 0.6) is 0 Å². The number of carbonyl (C=O) groups is 4. The molecule has 2 aliphatic heterocycles. The van der Waals surface area contributed by atoms with E-state index in [1.54, 1.807) is 16.8 Å². The van der Waals surface area contributed by atoms with Crippen LogP contribution in [-0.4, -0.2) is 85.8 Å². The molecule has 38 heavy (non-hydrogen) atoms. The normalized spacial score (nSPS) is 17.2. The number of methoxy groups -OCH3 is 1. The first kappa shape index (κ1) is 26.8. The zero-order valence-corrected chi connectivity index (χ0v) is 21.6. The Morgan fingerprint density at radius 2 is 1.63 bits per heavy atom. The van der Waals surface area contributed by atoms with Crippen LogP contribution in [0.25, 0.3) is 0 Å². The van der Waals surface area contributed by atoms with Crippen LogP contribution in [0.4, 0.5) is 15.3 Å². The molecule has 2 aromatic carbocycles. The van der Waals surface area contributed by atoms with Gasteiger partial charge in [-0.3, -0.25) is 4.79 Å². The first-order valence-corrected chi connectivity index (χ1v) is 12.5. The van der Waals surface area contributed by atoms with Crippen LogP contribution in [0.2, 0.25) is 0 Å². The van der Waals surface area contributed by atoms with E-state index < -0.39 is 29.7 Å². The first-order chi connectivity index (χ1) is 18.3. The van der Waals surface area contributed by atoms with E-state index in [2.05, 4.69) is 15.5 Å². The Bertz CT molecular complexity index is 1140. The molecule has 2 fully saturated rings. The first-order valence-electron chi connectivity index (χ1n) is 12.5. The number of para-hydroxylation sites is 1. The van der Waals surface area contributed by atoms with Gasteiger partial charge in [-0.05, 0) is 30.5 Å². The molecule has 1 atom stereocenters. The number of carbonyl (C=O) groups excluding carboxylic acids is 4. The third kappa shape index (κ3) is 5.82. The van der Waals surface area contributed by atoms with E-state index in [1.807, 2.05) is 60.7 Å². The molecule has 1 unspecified atom stereocenters. The highest BCUT2D eigenvalue weighted by atomic mass is 16.6. The van der Waals surface area contributed by atoms with Crippen molar-refractivity contribution in [3.8, 4) is 0 Å². The number of likely N-dealkylation sites (N-methyl/N-ethyl adjacent to an activating group) is 1. The van der Waals surface area contributed by atoms with Crippen molar-refractivity contribution >= 4 is 29.7 Å². The molecular formula is C27H33N5O6. The van der Waals surface area contributed by atoms with Crippen LogP contribution in [-0.2, 0) is 25.7 Å². The zero-order chi connectivity index (χ0) is 27.1. The van der Waals surface area contributed by atoms with Crippen molar-refractivity contribution in [3.63, 3.8) is 0 Å². The largest absolute Gasteiger partial charge is 0.467 e. The minimum atomic E-state index is -1.12. The minimum Gasteiger partial charge on any atom is -0.467 e. The van der Waals surface area contributed by atoms with Crippen molar-refractivity contribution in [2.45, 2.75) is 31.0 Å². The molecule has 0 bridgehead atoms. The number of hydrogen-bond acceptors (Lipinski definition) is 7. The van der Waals surface area contributed by atoms with Crippen molar-refractivity contribution in [2.75, 3.05) is 45.4 Å². The summed E-state index contributed by atoms with van der Waals surface area (Å²) < 4.78 is 9.94. The Kier molecular flexibility index (Phi) is 8.35. The van der Waals surface area contributed by atoms with Gasteiger partial charge in [-0.25, -0.2) is 14.4 Å². The van der Waals surface area contributed by atoms with Crippen molar-refractivity contribution in [2.24, 2.45) is 0 Å². The quantitative estimate of drug-likeness (QED) is 0.532. The number of nitrogens with zero attached hydrogens (tertiary/aromatic N) is 3. The Labute approximate surface area is 221 Å². The molecule has 1 spiro atoms. The second-order valence-corrected chi connectivity index (χ2v) is 9.39. The molecule has 11 nitrogen and oxygen atoms in total. The number of rotatable bonds is 7. The molecule has 11 heteroatoms. The van der Waals surface area contributed by atoms with Crippen molar-refractivity contribution in [1.29, 1.82) is 0 Å². The van der Waals surface area contributed by atoms with Gasteiger partial charge in [-0.15, -0.1) is 0 Å². The fourth-order valence-electron chi connectivity index (χ4n) is 4.93. The van der Waals surface area contributed by atoms with E-state index in [4.69, 9.17) is 9.47 Å². The van der Waals surface area contributed by atoms with Gasteiger partial charge in [-0.1, -0.05) is 48.5 Å². The molecule has 4 rings (SSSR count). The van der Waals surface area contributed by atoms with Crippen LogP contribution in [0, 0.1) is 0 Å². The molecule has 0 aromatic heterocycles. The van der Waals surface area contributed by atoms with E-state index >= 15 is 0 Å². The highest BCUT2D eigenvalue weighted by molar-refractivity contribution is 5.93. The van der Waals surface area contributed by atoms with Gasteiger partial charge >= 0.3 is 18.1 Å². The average molecular weight is 524 g/mol. The summed E-state index contributed by atoms with van der Waals surface area (Å²) in [5, 5.41) is 5.14. The summed E-state index contributed by atoms with van der Waals surface area (Å²) >= 11 is 0. The Balaban J connectivity index is 1.31. The SMILES string of the molecule is COC(=O)C(CNC(=O)N1CCC2(CC1)C(=O)N(C)CN2c1ccccc1)NC(=O)OCc1ccccc1. The molecule has 0 radical (unpaired) electrons. The second kappa shape index (κ2) is 11.8. The molecule has 202 valence electrons. The topological polar surface area (TPSA) is 121 Å². The highest BCUT2D eigenvalue weighted by Gasteiger charge is 2.53. The van der Waals surface area contributed by atoms with E-state index in [-0.39, 0.29) is 19.1 Å². The van der Waals surface area contributed by atoms with E-state index in [0.29, 0.717) is 32.6 Å². The third-order valence-electron chi connectivity index (χ3n) is 7.01. The predicted octanol–water partition coefficient (Wildman–Crippen LogP) is 1.93. The third-order valence-corrected chi connectivity index (χ3v) is 7.01. The van der Waals surface area contributed by atoms with Crippen molar-refractivity contribution in [1.82, 2.24) is 20.4 Å². The maximum Gasteiger partial charge on any atom is 0.408 e. The number of nitrogens with one attached hydrogen (secondary N) is 2. The summed E-state index contributed by atoms with van der Waals surface area (Å²) in [4.78, 5) is 56.0. The van der Waals surface area contributed by atoms with Crippen LogP contribution in [0.1, 0.15) is 18.4 Å². The van der Waals surface area contributed by atoms with Crippen LogP contribution < -0.4 is 15.5 Å². The molecular weight excluding hydrogens is 490 g/mol. The van der Waals surface area contributed by atoms with Gasteiger partial charge in [0.15, 0.2) is 0 Å². The molecule has 0 aliphatic carbocycles. The number of alkyl carbamates (subject to hydrolysis) is 1. The molecule has 2 N–H and O–H groups in total. The fraction of sp³-hybridized carbons (Fsp3) is 0.407. The lowest BCUT2D eigenvalue weighted by atomic mass is 9.85. The highest BCUT2D eigenvalue weighted by Crippen LogP contribution is 2.38. The fourth-order valence-corrected chi connectivity index (χ4v) is 4.93. The number of piperidine rings is 1. The molecule has 2 aromatic rings. The van der Waals surface area contributed by atoms with Gasteiger partial charge in [0.1, 0.15) is 18.2 Å². The van der Waals surface area contributed by atoms with Gasteiger partial charge in [0, 0.05) is 25.8 Å². The summed E-state index contributed by atoms with van der Waals surface area (Å²) in [7, 11) is 2.99. The lowest BCUT2D eigenvalue weighted by Crippen LogP contribution is -2.59. The maximum atomic E-state index is 13.2. The van der Waals surface area contributed by atoms with E-state index in [0.717, 1.165) is 11.3 Å². The Hall–Kier alpha value is -4.28. The summed E-state index contributed by atoms with van der Waals surface area (Å²) in [5.41, 5.74) is 1.06. The summed E-state index contributed by atoms with van der Waals surface area (Å²) in [6.45, 7) is 1.08. The monoisotopic (exact) mass is 523 g/mol. The van der Waals surface area contributed by atoms with Gasteiger partial charge in [0.2, 0.25) is 5.91 Å².